The molecule has 0 bridgehead atoms. The Balaban J connectivity index is 1.91. The van der Waals surface area contributed by atoms with Gasteiger partial charge >= 0.3 is 11.9 Å². The predicted molar refractivity (Wildman–Crippen MR) is 90.3 cm³/mol. The van der Waals surface area contributed by atoms with E-state index in [4.69, 9.17) is 9.47 Å². The highest BCUT2D eigenvalue weighted by atomic mass is 16.5. The molecule has 0 saturated carbocycles. The third-order valence-corrected chi connectivity index (χ3v) is 3.45. The minimum Gasteiger partial charge on any atom is -0.466 e. The highest BCUT2D eigenvalue weighted by Crippen LogP contribution is 2.12. The fraction of sp³-hybridized carbons (Fsp3) is 0.579. The van der Waals surface area contributed by atoms with Crippen LogP contribution in [0, 0.1) is 0 Å². The number of rotatable bonds is 12. The van der Waals surface area contributed by atoms with Crippen LogP contribution in [-0.4, -0.2) is 18.5 Å². The van der Waals surface area contributed by atoms with Gasteiger partial charge in [0, 0.05) is 12.8 Å². The van der Waals surface area contributed by atoms with E-state index in [1.165, 1.54) is 0 Å². The van der Waals surface area contributed by atoms with Crippen molar-refractivity contribution in [3.8, 4) is 5.75 Å². The quantitative estimate of drug-likeness (QED) is 0.319. The minimum atomic E-state index is -0.171. The lowest BCUT2D eigenvalue weighted by atomic mass is 10.1. The molecule has 0 fully saturated rings. The lowest BCUT2D eigenvalue weighted by Crippen LogP contribution is -2.07. The molecule has 0 aliphatic carbocycles. The molecule has 0 radical (unpaired) electrons. The summed E-state index contributed by atoms with van der Waals surface area (Å²) in [7, 11) is 0. The maximum atomic E-state index is 11.6. The second-order valence-electron chi connectivity index (χ2n) is 5.63. The number of esters is 2. The zero-order valence-corrected chi connectivity index (χ0v) is 14.1. The highest BCUT2D eigenvalue weighted by Gasteiger charge is 2.04. The average molecular weight is 320 g/mol. The summed E-state index contributed by atoms with van der Waals surface area (Å²) >= 11 is 0. The lowest BCUT2D eigenvalue weighted by molar-refractivity contribution is -0.143. The summed E-state index contributed by atoms with van der Waals surface area (Å²) in [4.78, 5) is 22.9. The molecule has 0 amide bonds. The van der Waals surface area contributed by atoms with Gasteiger partial charge < -0.3 is 9.47 Å². The van der Waals surface area contributed by atoms with Crippen LogP contribution in [0.5, 0.6) is 5.75 Å². The second-order valence-corrected chi connectivity index (χ2v) is 5.63. The first-order valence-electron chi connectivity index (χ1n) is 8.63. The molecule has 0 heterocycles. The van der Waals surface area contributed by atoms with Crippen LogP contribution in [0.15, 0.2) is 30.3 Å². The molecule has 0 unspecified atom stereocenters. The Kier molecular flexibility index (Phi) is 10.6. The van der Waals surface area contributed by atoms with Crippen LogP contribution in [0.1, 0.15) is 64.7 Å². The van der Waals surface area contributed by atoms with Gasteiger partial charge in [-0.3, -0.25) is 9.59 Å². The number of benzene rings is 1. The summed E-state index contributed by atoms with van der Waals surface area (Å²) in [6, 6.07) is 9.15. The molecule has 1 aromatic carbocycles. The van der Waals surface area contributed by atoms with Crippen LogP contribution in [-0.2, 0) is 14.3 Å². The van der Waals surface area contributed by atoms with Gasteiger partial charge in [0.1, 0.15) is 5.75 Å². The van der Waals surface area contributed by atoms with Gasteiger partial charge in [0.25, 0.3) is 0 Å². The number of ether oxygens (including phenoxy) is 2. The molecule has 128 valence electrons. The van der Waals surface area contributed by atoms with Crippen molar-refractivity contribution in [2.24, 2.45) is 0 Å². The minimum absolute atomic E-state index is 0.0875. The lowest BCUT2D eigenvalue weighted by Gasteiger charge is -2.04. The summed E-state index contributed by atoms with van der Waals surface area (Å²) < 4.78 is 10.2. The van der Waals surface area contributed by atoms with Crippen LogP contribution in [0.4, 0.5) is 0 Å². The summed E-state index contributed by atoms with van der Waals surface area (Å²) in [5, 5.41) is 0. The average Bonchev–Trinajstić information content (AvgIpc) is 2.56. The number of hydrogen-bond donors (Lipinski definition) is 0. The van der Waals surface area contributed by atoms with E-state index in [-0.39, 0.29) is 11.9 Å². The van der Waals surface area contributed by atoms with Crippen molar-refractivity contribution in [3.05, 3.63) is 30.3 Å². The molecule has 0 N–H and O–H groups in total. The Morgan fingerprint density at radius 3 is 2.00 bits per heavy atom. The molecule has 0 aliphatic heterocycles. The monoisotopic (exact) mass is 320 g/mol. The zero-order chi connectivity index (χ0) is 16.8. The molecule has 0 spiro atoms. The first kappa shape index (κ1) is 19.2. The summed E-state index contributed by atoms with van der Waals surface area (Å²) in [6.07, 6.45) is 7.82. The topological polar surface area (TPSA) is 52.6 Å². The van der Waals surface area contributed by atoms with Crippen LogP contribution >= 0.6 is 0 Å². The first-order valence-corrected chi connectivity index (χ1v) is 8.63. The van der Waals surface area contributed by atoms with E-state index in [1.54, 1.807) is 12.1 Å². The molecule has 0 saturated heterocycles. The van der Waals surface area contributed by atoms with E-state index in [2.05, 4.69) is 0 Å². The van der Waals surface area contributed by atoms with Gasteiger partial charge in [0.2, 0.25) is 0 Å². The van der Waals surface area contributed by atoms with Crippen molar-refractivity contribution in [2.45, 2.75) is 64.7 Å². The van der Waals surface area contributed by atoms with E-state index in [9.17, 15) is 9.59 Å². The molecule has 0 atom stereocenters. The fourth-order valence-corrected chi connectivity index (χ4v) is 2.20. The highest BCUT2D eigenvalue weighted by molar-refractivity contribution is 5.72. The number of carbonyl (C=O) groups is 2. The Morgan fingerprint density at radius 2 is 1.39 bits per heavy atom. The fourth-order valence-electron chi connectivity index (χ4n) is 2.20. The van der Waals surface area contributed by atoms with Gasteiger partial charge in [-0.05, 0) is 31.4 Å². The smallest absolute Gasteiger partial charge is 0.311 e. The molecular weight excluding hydrogens is 292 g/mol. The predicted octanol–water partition coefficient (Wildman–Crippen LogP) is 4.67. The Labute approximate surface area is 139 Å². The molecule has 1 aromatic rings. The summed E-state index contributed by atoms with van der Waals surface area (Å²) in [5.41, 5.74) is 0. The van der Waals surface area contributed by atoms with Crippen molar-refractivity contribution < 1.29 is 19.1 Å². The molecule has 0 aliphatic rings. The largest absolute Gasteiger partial charge is 0.466 e. The summed E-state index contributed by atoms with van der Waals surface area (Å²) in [5.74, 6) is 0.345. The maximum Gasteiger partial charge on any atom is 0.311 e. The standard InChI is InChI=1S/C19H28O4/c1-2-16-22-18(20)14-10-5-3-4-6-11-15-19(21)23-17-12-8-7-9-13-17/h7-9,12-13H,2-6,10-11,14-16H2,1H3. The Bertz CT molecular complexity index is 442. The summed E-state index contributed by atoms with van der Waals surface area (Å²) in [6.45, 7) is 2.51. The third-order valence-electron chi connectivity index (χ3n) is 3.45. The number of para-hydroxylation sites is 1. The molecule has 4 heteroatoms. The van der Waals surface area contributed by atoms with E-state index in [0.717, 1.165) is 44.9 Å². The third kappa shape index (κ3) is 10.5. The maximum absolute atomic E-state index is 11.6. The van der Waals surface area contributed by atoms with Crippen molar-refractivity contribution in [1.82, 2.24) is 0 Å². The van der Waals surface area contributed by atoms with Gasteiger partial charge in [-0.2, -0.15) is 0 Å². The van der Waals surface area contributed by atoms with Gasteiger partial charge in [-0.25, -0.2) is 0 Å². The van der Waals surface area contributed by atoms with Gasteiger partial charge in [-0.15, -0.1) is 0 Å². The molecule has 23 heavy (non-hydrogen) atoms. The SMILES string of the molecule is CCCOC(=O)CCCCCCCCC(=O)Oc1ccccc1. The Morgan fingerprint density at radius 1 is 0.826 bits per heavy atom. The van der Waals surface area contributed by atoms with Crippen molar-refractivity contribution in [3.63, 3.8) is 0 Å². The zero-order valence-electron chi connectivity index (χ0n) is 14.1. The van der Waals surface area contributed by atoms with Crippen LogP contribution < -0.4 is 4.74 Å². The molecule has 0 aromatic heterocycles. The molecule has 4 nitrogen and oxygen atoms in total. The number of unbranched alkanes of at least 4 members (excludes halogenated alkanes) is 5. The second kappa shape index (κ2) is 12.7. The van der Waals surface area contributed by atoms with Crippen molar-refractivity contribution >= 4 is 11.9 Å². The van der Waals surface area contributed by atoms with E-state index >= 15 is 0 Å². The van der Waals surface area contributed by atoms with E-state index in [1.807, 2.05) is 25.1 Å². The van der Waals surface area contributed by atoms with Crippen molar-refractivity contribution in [1.29, 1.82) is 0 Å². The number of carbonyl (C=O) groups excluding carboxylic acids is 2. The van der Waals surface area contributed by atoms with E-state index in [0.29, 0.717) is 25.2 Å². The van der Waals surface area contributed by atoms with Crippen LogP contribution in [0.25, 0.3) is 0 Å². The molecule has 1 rings (SSSR count). The van der Waals surface area contributed by atoms with Gasteiger partial charge in [0.15, 0.2) is 0 Å². The van der Waals surface area contributed by atoms with E-state index < -0.39 is 0 Å². The van der Waals surface area contributed by atoms with Crippen LogP contribution in [0.2, 0.25) is 0 Å². The normalized spacial score (nSPS) is 10.3. The van der Waals surface area contributed by atoms with Gasteiger partial charge in [0.05, 0.1) is 6.61 Å². The number of hydrogen-bond acceptors (Lipinski definition) is 4. The first-order chi connectivity index (χ1) is 11.2. The van der Waals surface area contributed by atoms with Crippen molar-refractivity contribution in [2.75, 3.05) is 6.61 Å². The Hall–Kier alpha value is -1.84. The molecular formula is C19H28O4. The van der Waals surface area contributed by atoms with Crippen LogP contribution in [0.3, 0.4) is 0 Å². The van der Waals surface area contributed by atoms with Gasteiger partial charge in [-0.1, -0.05) is 50.8 Å².